The van der Waals surface area contributed by atoms with Crippen molar-refractivity contribution in [2.24, 2.45) is 5.16 Å². The average molecular weight is 150 g/mol. The predicted molar refractivity (Wildman–Crippen MR) is 44.0 cm³/mol. The minimum atomic E-state index is 0.549. The van der Waals surface area contributed by atoms with Gasteiger partial charge in [-0.05, 0) is 19.1 Å². The number of hydrogen-bond acceptors (Lipinski definition) is 3. The molecular weight excluding hydrogens is 140 g/mol. The van der Waals surface area contributed by atoms with E-state index in [1.54, 1.807) is 18.2 Å². The van der Waals surface area contributed by atoms with Crippen molar-refractivity contribution in [2.45, 2.75) is 6.92 Å². The van der Waals surface area contributed by atoms with E-state index in [1.165, 1.54) is 13.3 Å². The summed E-state index contributed by atoms with van der Waals surface area (Å²) in [4.78, 5) is 4.41. The third-order valence-electron chi connectivity index (χ3n) is 0.896. The maximum absolute atomic E-state index is 8.48. The SMILES string of the molecule is C\C=C/C(C#N)=C\C=N\OC. The Morgan fingerprint density at radius 2 is 2.36 bits per heavy atom. The Morgan fingerprint density at radius 3 is 2.82 bits per heavy atom. The predicted octanol–water partition coefficient (Wildman–Crippen LogP) is 1.64. The number of nitriles is 1. The number of allylic oxidation sites excluding steroid dienone is 4. The molecule has 0 aliphatic heterocycles. The van der Waals surface area contributed by atoms with E-state index in [4.69, 9.17) is 5.26 Å². The largest absolute Gasteiger partial charge is 0.399 e. The van der Waals surface area contributed by atoms with Crippen LogP contribution in [0.4, 0.5) is 0 Å². The maximum Gasteiger partial charge on any atom is 0.106 e. The summed E-state index contributed by atoms with van der Waals surface area (Å²) in [7, 11) is 1.45. The monoisotopic (exact) mass is 150 g/mol. The summed E-state index contributed by atoms with van der Waals surface area (Å²) in [5, 5.41) is 11.9. The van der Waals surface area contributed by atoms with Crippen molar-refractivity contribution in [1.29, 1.82) is 5.26 Å². The second-order valence-corrected chi connectivity index (χ2v) is 1.67. The fourth-order valence-corrected chi connectivity index (χ4v) is 0.481. The minimum absolute atomic E-state index is 0.549. The first kappa shape index (κ1) is 9.44. The van der Waals surface area contributed by atoms with Crippen LogP contribution in [0.15, 0.2) is 29.0 Å². The molecule has 0 aromatic carbocycles. The Kier molecular flexibility index (Phi) is 5.63. The molecule has 58 valence electrons. The molecular formula is C8H10N2O. The van der Waals surface area contributed by atoms with Gasteiger partial charge in [0.05, 0.1) is 17.9 Å². The fourth-order valence-electron chi connectivity index (χ4n) is 0.481. The van der Waals surface area contributed by atoms with Gasteiger partial charge in [-0.25, -0.2) is 0 Å². The average Bonchev–Trinajstić information content (AvgIpc) is 2.03. The van der Waals surface area contributed by atoms with Crippen molar-refractivity contribution < 1.29 is 4.84 Å². The van der Waals surface area contributed by atoms with Crippen LogP contribution in [-0.2, 0) is 4.84 Å². The summed E-state index contributed by atoms with van der Waals surface area (Å²) >= 11 is 0. The van der Waals surface area contributed by atoms with Gasteiger partial charge in [0.15, 0.2) is 0 Å². The maximum atomic E-state index is 8.48. The van der Waals surface area contributed by atoms with Gasteiger partial charge in [-0.1, -0.05) is 11.2 Å². The van der Waals surface area contributed by atoms with Crippen molar-refractivity contribution in [3.05, 3.63) is 23.8 Å². The van der Waals surface area contributed by atoms with E-state index in [1.807, 2.05) is 13.0 Å². The van der Waals surface area contributed by atoms with E-state index >= 15 is 0 Å². The number of hydrogen-bond donors (Lipinski definition) is 0. The van der Waals surface area contributed by atoms with E-state index in [-0.39, 0.29) is 0 Å². The second kappa shape index (κ2) is 6.56. The van der Waals surface area contributed by atoms with Gasteiger partial charge in [-0.3, -0.25) is 0 Å². The highest BCUT2D eigenvalue weighted by Crippen LogP contribution is 1.91. The minimum Gasteiger partial charge on any atom is -0.399 e. The molecule has 0 aliphatic carbocycles. The van der Waals surface area contributed by atoms with Crippen molar-refractivity contribution in [1.82, 2.24) is 0 Å². The summed E-state index contributed by atoms with van der Waals surface area (Å²) < 4.78 is 0. The van der Waals surface area contributed by atoms with E-state index in [9.17, 15) is 0 Å². The van der Waals surface area contributed by atoms with Crippen LogP contribution in [-0.4, -0.2) is 13.3 Å². The molecule has 11 heavy (non-hydrogen) atoms. The van der Waals surface area contributed by atoms with E-state index in [0.717, 1.165) is 0 Å². The smallest absolute Gasteiger partial charge is 0.106 e. The molecule has 0 aromatic rings. The standard InChI is InChI=1S/C8H10N2O/c1-3-4-8(7-9)5-6-10-11-2/h3-6H,1-2H3/b4-3-,8-5+,10-6+. The van der Waals surface area contributed by atoms with E-state index in [0.29, 0.717) is 5.57 Å². The molecule has 0 radical (unpaired) electrons. The van der Waals surface area contributed by atoms with Crippen LogP contribution < -0.4 is 0 Å². The van der Waals surface area contributed by atoms with Crippen molar-refractivity contribution in [3.8, 4) is 6.07 Å². The Morgan fingerprint density at radius 1 is 1.64 bits per heavy atom. The Hall–Kier alpha value is -1.56. The van der Waals surface area contributed by atoms with Crippen molar-refractivity contribution >= 4 is 6.21 Å². The highest BCUT2D eigenvalue weighted by molar-refractivity contribution is 5.73. The van der Waals surface area contributed by atoms with E-state index < -0.39 is 0 Å². The van der Waals surface area contributed by atoms with Crippen molar-refractivity contribution in [3.63, 3.8) is 0 Å². The van der Waals surface area contributed by atoms with Gasteiger partial charge in [0.25, 0.3) is 0 Å². The van der Waals surface area contributed by atoms with Gasteiger partial charge in [0.2, 0.25) is 0 Å². The van der Waals surface area contributed by atoms with Gasteiger partial charge in [-0.15, -0.1) is 0 Å². The van der Waals surface area contributed by atoms with Crippen LogP contribution in [0.1, 0.15) is 6.92 Å². The summed E-state index contributed by atoms with van der Waals surface area (Å²) in [6.45, 7) is 1.85. The first-order valence-electron chi connectivity index (χ1n) is 3.14. The van der Waals surface area contributed by atoms with Gasteiger partial charge < -0.3 is 4.84 Å². The summed E-state index contributed by atoms with van der Waals surface area (Å²) in [5.74, 6) is 0. The summed E-state index contributed by atoms with van der Waals surface area (Å²) in [6.07, 6.45) is 6.49. The molecule has 3 nitrogen and oxygen atoms in total. The third-order valence-corrected chi connectivity index (χ3v) is 0.896. The molecule has 3 heteroatoms. The Bertz CT molecular complexity index is 221. The topological polar surface area (TPSA) is 45.4 Å². The number of oxime groups is 1. The lowest BCUT2D eigenvalue weighted by Gasteiger charge is -1.82. The zero-order valence-corrected chi connectivity index (χ0v) is 6.61. The van der Waals surface area contributed by atoms with Crippen LogP contribution >= 0.6 is 0 Å². The number of nitrogens with zero attached hydrogens (tertiary/aromatic N) is 2. The van der Waals surface area contributed by atoms with Crippen LogP contribution in [0, 0.1) is 11.3 Å². The molecule has 0 N–H and O–H groups in total. The highest BCUT2D eigenvalue weighted by Gasteiger charge is 1.82. The number of rotatable bonds is 3. The van der Waals surface area contributed by atoms with E-state index in [2.05, 4.69) is 9.99 Å². The fraction of sp³-hybridized carbons (Fsp3) is 0.250. The van der Waals surface area contributed by atoms with Gasteiger partial charge in [0.1, 0.15) is 7.11 Å². The first-order valence-corrected chi connectivity index (χ1v) is 3.14. The molecule has 0 aromatic heterocycles. The second-order valence-electron chi connectivity index (χ2n) is 1.67. The molecule has 0 saturated carbocycles. The molecule has 0 heterocycles. The molecule has 0 bridgehead atoms. The van der Waals surface area contributed by atoms with Crippen LogP contribution in [0.3, 0.4) is 0 Å². The lowest BCUT2D eigenvalue weighted by atomic mass is 10.2. The lowest BCUT2D eigenvalue weighted by molar-refractivity contribution is 0.215. The quantitative estimate of drug-likeness (QED) is 0.266. The Balaban J connectivity index is 4.15. The van der Waals surface area contributed by atoms with Gasteiger partial charge in [0, 0.05) is 0 Å². The molecule has 0 rings (SSSR count). The molecule has 0 aliphatic rings. The zero-order valence-electron chi connectivity index (χ0n) is 6.61. The lowest BCUT2D eigenvalue weighted by Crippen LogP contribution is -1.74. The summed E-state index contributed by atoms with van der Waals surface area (Å²) in [6, 6.07) is 1.99. The molecule has 0 unspecified atom stereocenters. The van der Waals surface area contributed by atoms with Crippen molar-refractivity contribution in [2.75, 3.05) is 7.11 Å². The third kappa shape index (κ3) is 4.91. The molecule has 0 amide bonds. The normalized spacial score (nSPS) is 12.3. The van der Waals surface area contributed by atoms with Gasteiger partial charge in [-0.2, -0.15) is 5.26 Å². The van der Waals surface area contributed by atoms with Crippen LogP contribution in [0.2, 0.25) is 0 Å². The molecule has 0 saturated heterocycles. The van der Waals surface area contributed by atoms with Gasteiger partial charge >= 0.3 is 0 Å². The molecule has 0 fully saturated rings. The molecule has 0 atom stereocenters. The van der Waals surface area contributed by atoms with Crippen LogP contribution in [0.25, 0.3) is 0 Å². The zero-order chi connectivity index (χ0) is 8.53. The molecule has 0 spiro atoms. The highest BCUT2D eigenvalue weighted by atomic mass is 16.6. The summed E-state index contributed by atoms with van der Waals surface area (Å²) in [5.41, 5.74) is 0.549. The first-order chi connectivity index (χ1) is 5.35. The Labute approximate surface area is 66.3 Å². The van der Waals surface area contributed by atoms with Crippen LogP contribution in [0.5, 0.6) is 0 Å².